The Hall–Kier alpha value is -1.35. The molecule has 1 aliphatic heterocycles. The van der Waals surface area contributed by atoms with Crippen molar-refractivity contribution in [3.8, 4) is 0 Å². The van der Waals surface area contributed by atoms with Crippen molar-refractivity contribution >= 4 is 5.97 Å². The average molecular weight is 205 g/mol. The van der Waals surface area contributed by atoms with Crippen LogP contribution in [0.3, 0.4) is 0 Å². The summed E-state index contributed by atoms with van der Waals surface area (Å²) in [6.45, 7) is 3.37. The number of rotatable bonds is 2. The molecule has 1 saturated heterocycles. The summed E-state index contributed by atoms with van der Waals surface area (Å²) in [6.07, 6.45) is 0. The van der Waals surface area contributed by atoms with Gasteiger partial charge in [-0.25, -0.2) is 0 Å². The highest BCUT2D eigenvalue weighted by Crippen LogP contribution is 2.28. The topological polar surface area (TPSA) is 49.3 Å². The monoisotopic (exact) mass is 205 g/mol. The Balaban J connectivity index is 2.26. The maximum Gasteiger partial charge on any atom is 0.308 e. The zero-order chi connectivity index (χ0) is 10.8. The van der Waals surface area contributed by atoms with Gasteiger partial charge in [0.25, 0.3) is 0 Å². The highest BCUT2D eigenvalue weighted by Gasteiger charge is 2.33. The van der Waals surface area contributed by atoms with E-state index in [0.717, 1.165) is 12.1 Å². The Bertz CT molecular complexity index is 376. The molecular formula is C12H15NO2. The van der Waals surface area contributed by atoms with E-state index in [-0.39, 0.29) is 11.8 Å². The maximum absolute atomic E-state index is 11.0. The lowest BCUT2D eigenvalue weighted by molar-refractivity contribution is -0.141. The van der Waals surface area contributed by atoms with E-state index in [9.17, 15) is 4.79 Å². The second kappa shape index (κ2) is 4.03. The first-order chi connectivity index (χ1) is 7.18. The van der Waals surface area contributed by atoms with Crippen molar-refractivity contribution < 1.29 is 9.90 Å². The first-order valence-electron chi connectivity index (χ1n) is 5.18. The van der Waals surface area contributed by atoms with Crippen LogP contribution in [0.25, 0.3) is 0 Å². The van der Waals surface area contributed by atoms with Gasteiger partial charge in [0.2, 0.25) is 0 Å². The van der Waals surface area contributed by atoms with Gasteiger partial charge in [-0.3, -0.25) is 4.79 Å². The average Bonchev–Trinajstić information content (AvgIpc) is 2.65. The Labute approximate surface area is 89.1 Å². The zero-order valence-electron chi connectivity index (χ0n) is 8.73. The van der Waals surface area contributed by atoms with Gasteiger partial charge in [-0.1, -0.05) is 29.8 Å². The van der Waals surface area contributed by atoms with E-state index >= 15 is 0 Å². The third-order valence-corrected chi connectivity index (χ3v) is 3.00. The van der Waals surface area contributed by atoms with E-state index < -0.39 is 5.97 Å². The normalized spacial score (nSPS) is 25.4. The SMILES string of the molecule is Cc1cccc([C@@H]2CNC[C@H]2C(=O)O)c1. The van der Waals surface area contributed by atoms with Crippen molar-refractivity contribution in [3.05, 3.63) is 35.4 Å². The summed E-state index contributed by atoms with van der Waals surface area (Å²) < 4.78 is 0. The molecule has 3 heteroatoms. The molecule has 0 unspecified atom stereocenters. The maximum atomic E-state index is 11.0. The summed E-state index contributed by atoms with van der Waals surface area (Å²) in [5.41, 5.74) is 2.32. The van der Waals surface area contributed by atoms with Crippen molar-refractivity contribution in [1.29, 1.82) is 0 Å². The lowest BCUT2D eigenvalue weighted by atomic mass is 9.88. The Morgan fingerprint density at radius 1 is 1.47 bits per heavy atom. The number of carbonyl (C=O) groups is 1. The van der Waals surface area contributed by atoms with Crippen molar-refractivity contribution in [2.24, 2.45) is 5.92 Å². The molecule has 0 saturated carbocycles. The first kappa shape index (κ1) is 10.2. The van der Waals surface area contributed by atoms with Gasteiger partial charge in [0.15, 0.2) is 0 Å². The lowest BCUT2D eigenvalue weighted by Gasteiger charge is -2.15. The molecule has 0 bridgehead atoms. The number of benzene rings is 1. The van der Waals surface area contributed by atoms with E-state index in [2.05, 4.69) is 11.4 Å². The zero-order valence-corrected chi connectivity index (χ0v) is 8.73. The molecule has 2 rings (SSSR count). The van der Waals surface area contributed by atoms with Crippen LogP contribution in [0.15, 0.2) is 24.3 Å². The summed E-state index contributed by atoms with van der Waals surface area (Å²) >= 11 is 0. The molecule has 0 radical (unpaired) electrons. The third kappa shape index (κ3) is 2.02. The van der Waals surface area contributed by atoms with Gasteiger partial charge in [0.05, 0.1) is 5.92 Å². The number of aliphatic carboxylic acids is 1. The van der Waals surface area contributed by atoms with Gasteiger partial charge in [0.1, 0.15) is 0 Å². The van der Waals surface area contributed by atoms with Crippen molar-refractivity contribution in [2.75, 3.05) is 13.1 Å². The minimum absolute atomic E-state index is 0.113. The fourth-order valence-corrected chi connectivity index (χ4v) is 2.19. The van der Waals surface area contributed by atoms with Crippen LogP contribution in [0.1, 0.15) is 17.0 Å². The van der Waals surface area contributed by atoms with E-state index in [1.165, 1.54) is 5.56 Å². The van der Waals surface area contributed by atoms with Crippen molar-refractivity contribution in [1.82, 2.24) is 5.32 Å². The number of carboxylic acids is 1. The largest absolute Gasteiger partial charge is 0.481 e. The molecule has 0 aliphatic carbocycles. The standard InChI is InChI=1S/C12H15NO2/c1-8-3-2-4-9(5-8)10-6-13-7-11(10)12(14)15/h2-5,10-11,13H,6-7H2,1H3,(H,14,15)/t10-,11+/m0/s1. The molecule has 1 aromatic rings. The molecule has 0 aromatic heterocycles. The van der Waals surface area contributed by atoms with Gasteiger partial charge in [-0.15, -0.1) is 0 Å². The molecule has 2 N–H and O–H groups in total. The third-order valence-electron chi connectivity index (χ3n) is 3.00. The van der Waals surface area contributed by atoms with Crippen LogP contribution in [0, 0.1) is 12.8 Å². The van der Waals surface area contributed by atoms with Crippen LogP contribution < -0.4 is 5.32 Å². The molecule has 15 heavy (non-hydrogen) atoms. The van der Waals surface area contributed by atoms with Crippen LogP contribution >= 0.6 is 0 Å². The summed E-state index contributed by atoms with van der Waals surface area (Å²) in [7, 11) is 0. The summed E-state index contributed by atoms with van der Waals surface area (Å²) in [5.74, 6) is -0.874. The van der Waals surface area contributed by atoms with Gasteiger partial charge >= 0.3 is 5.97 Å². The summed E-state index contributed by atoms with van der Waals surface area (Å²) in [4.78, 5) is 11.0. The molecule has 0 amide bonds. The minimum Gasteiger partial charge on any atom is -0.481 e. The van der Waals surface area contributed by atoms with Crippen LogP contribution in [0.4, 0.5) is 0 Å². The number of hydrogen-bond donors (Lipinski definition) is 2. The minimum atomic E-state index is -0.702. The van der Waals surface area contributed by atoms with Crippen molar-refractivity contribution in [2.45, 2.75) is 12.8 Å². The number of hydrogen-bond acceptors (Lipinski definition) is 2. The second-order valence-corrected chi connectivity index (χ2v) is 4.12. The Kier molecular flexibility index (Phi) is 2.73. The van der Waals surface area contributed by atoms with Gasteiger partial charge in [0, 0.05) is 19.0 Å². The molecular weight excluding hydrogens is 190 g/mol. The van der Waals surface area contributed by atoms with Crippen LogP contribution in [0.5, 0.6) is 0 Å². The van der Waals surface area contributed by atoms with Gasteiger partial charge in [-0.2, -0.15) is 0 Å². The van der Waals surface area contributed by atoms with E-state index in [4.69, 9.17) is 5.11 Å². The number of aryl methyl sites for hydroxylation is 1. The Morgan fingerprint density at radius 2 is 2.27 bits per heavy atom. The highest BCUT2D eigenvalue weighted by molar-refractivity contribution is 5.72. The van der Waals surface area contributed by atoms with Crippen LogP contribution in [-0.4, -0.2) is 24.2 Å². The molecule has 1 fully saturated rings. The molecule has 1 aromatic carbocycles. The fourth-order valence-electron chi connectivity index (χ4n) is 2.19. The van der Waals surface area contributed by atoms with Crippen molar-refractivity contribution in [3.63, 3.8) is 0 Å². The molecule has 3 nitrogen and oxygen atoms in total. The predicted octanol–water partition coefficient (Wildman–Crippen LogP) is 1.38. The lowest BCUT2D eigenvalue weighted by Crippen LogP contribution is -2.21. The summed E-state index contributed by atoms with van der Waals surface area (Å²) in [6, 6.07) is 8.11. The number of nitrogens with one attached hydrogen (secondary N) is 1. The molecule has 2 atom stereocenters. The smallest absolute Gasteiger partial charge is 0.308 e. The first-order valence-corrected chi connectivity index (χ1v) is 5.18. The van der Waals surface area contributed by atoms with Crippen LogP contribution in [-0.2, 0) is 4.79 Å². The number of carboxylic acid groups (broad SMARTS) is 1. The quantitative estimate of drug-likeness (QED) is 0.767. The Morgan fingerprint density at radius 3 is 2.93 bits per heavy atom. The van der Waals surface area contributed by atoms with Crippen LogP contribution in [0.2, 0.25) is 0 Å². The van der Waals surface area contributed by atoms with E-state index in [1.54, 1.807) is 0 Å². The van der Waals surface area contributed by atoms with Gasteiger partial charge < -0.3 is 10.4 Å². The van der Waals surface area contributed by atoms with Gasteiger partial charge in [-0.05, 0) is 12.5 Å². The highest BCUT2D eigenvalue weighted by atomic mass is 16.4. The summed E-state index contributed by atoms with van der Waals surface area (Å²) in [5, 5.41) is 12.2. The van der Waals surface area contributed by atoms with E-state index in [1.807, 2.05) is 25.1 Å². The molecule has 1 heterocycles. The predicted molar refractivity (Wildman–Crippen MR) is 57.9 cm³/mol. The molecule has 0 spiro atoms. The molecule has 1 aliphatic rings. The molecule has 80 valence electrons. The second-order valence-electron chi connectivity index (χ2n) is 4.12. The van der Waals surface area contributed by atoms with E-state index in [0.29, 0.717) is 6.54 Å². The fraction of sp³-hybridized carbons (Fsp3) is 0.417.